The maximum Gasteiger partial charge on any atom is 0.422 e. The molecule has 2 rings (SSSR count). The molecule has 0 saturated carbocycles. The molecule has 0 aliphatic carbocycles. The summed E-state index contributed by atoms with van der Waals surface area (Å²) in [5.74, 6) is 0.596. The predicted octanol–water partition coefficient (Wildman–Crippen LogP) is 4.14. The summed E-state index contributed by atoms with van der Waals surface area (Å²) in [7, 11) is 0. The van der Waals surface area contributed by atoms with Crippen molar-refractivity contribution in [1.29, 1.82) is 0 Å². The van der Waals surface area contributed by atoms with Gasteiger partial charge in [0.15, 0.2) is 6.61 Å². The van der Waals surface area contributed by atoms with E-state index in [4.69, 9.17) is 4.74 Å². The Morgan fingerprint density at radius 3 is 2.52 bits per heavy atom. The number of benzene rings is 1. The van der Waals surface area contributed by atoms with Crippen LogP contribution in [0.4, 0.5) is 13.2 Å². The van der Waals surface area contributed by atoms with Crippen molar-refractivity contribution in [3.05, 3.63) is 29.8 Å². The maximum absolute atomic E-state index is 12.4. The Labute approximate surface area is 159 Å². The Morgan fingerprint density at radius 2 is 1.93 bits per heavy atom. The third-order valence-corrected chi connectivity index (χ3v) is 5.04. The highest BCUT2D eigenvalue weighted by molar-refractivity contribution is 5.78. The van der Waals surface area contributed by atoms with Gasteiger partial charge in [0.2, 0.25) is 5.91 Å². The second-order valence-electron chi connectivity index (χ2n) is 7.05. The molecule has 1 aliphatic rings. The number of piperidine rings is 1. The van der Waals surface area contributed by atoms with Crippen molar-refractivity contribution in [2.24, 2.45) is 5.92 Å². The van der Waals surface area contributed by atoms with Crippen LogP contribution >= 0.6 is 0 Å². The molecule has 1 N–H and O–H groups in total. The molecule has 0 unspecified atom stereocenters. The molecule has 0 atom stereocenters. The number of nitrogens with zero attached hydrogens (tertiary/aromatic N) is 1. The van der Waals surface area contributed by atoms with Crippen molar-refractivity contribution in [2.75, 3.05) is 19.7 Å². The van der Waals surface area contributed by atoms with Crippen LogP contribution < -0.4 is 10.1 Å². The number of halogens is 3. The molecule has 0 radical (unpaired) electrons. The van der Waals surface area contributed by atoms with Gasteiger partial charge in [-0.1, -0.05) is 26.0 Å². The van der Waals surface area contributed by atoms with Crippen LogP contribution in [-0.4, -0.2) is 42.7 Å². The van der Waals surface area contributed by atoms with Gasteiger partial charge in [0.05, 0.1) is 0 Å². The van der Waals surface area contributed by atoms with Gasteiger partial charge in [0.25, 0.3) is 0 Å². The molecule has 1 saturated heterocycles. The zero-order valence-electron chi connectivity index (χ0n) is 16.0. The predicted molar refractivity (Wildman–Crippen MR) is 98.5 cm³/mol. The van der Waals surface area contributed by atoms with Crippen LogP contribution in [0.3, 0.4) is 0 Å². The first-order valence-corrected chi connectivity index (χ1v) is 9.63. The van der Waals surface area contributed by atoms with Gasteiger partial charge in [-0.2, -0.15) is 13.2 Å². The van der Waals surface area contributed by atoms with Gasteiger partial charge in [-0.25, -0.2) is 0 Å². The van der Waals surface area contributed by atoms with E-state index in [9.17, 15) is 18.0 Å². The Morgan fingerprint density at radius 1 is 1.26 bits per heavy atom. The third-order valence-electron chi connectivity index (χ3n) is 5.04. The van der Waals surface area contributed by atoms with Crippen LogP contribution in [0.2, 0.25) is 0 Å². The largest absolute Gasteiger partial charge is 0.484 e. The number of rotatable bonds is 8. The fourth-order valence-corrected chi connectivity index (χ4v) is 3.37. The van der Waals surface area contributed by atoms with Crippen molar-refractivity contribution < 1.29 is 22.7 Å². The lowest BCUT2D eigenvalue weighted by atomic mass is 9.98. The van der Waals surface area contributed by atoms with Crippen molar-refractivity contribution in [3.63, 3.8) is 0 Å². The summed E-state index contributed by atoms with van der Waals surface area (Å²) in [6, 6.07) is 7.01. The van der Waals surface area contributed by atoms with E-state index in [0.29, 0.717) is 12.6 Å². The fraction of sp³-hybridized carbons (Fsp3) is 0.650. The molecule has 1 heterocycles. The second-order valence-corrected chi connectivity index (χ2v) is 7.05. The summed E-state index contributed by atoms with van der Waals surface area (Å²) in [5.41, 5.74) is 0.880. The van der Waals surface area contributed by atoms with Gasteiger partial charge in [0, 0.05) is 31.6 Å². The summed E-state index contributed by atoms with van der Waals surface area (Å²) in [5, 5.41) is 3.44. The number of carbonyl (C=O) groups excluding carboxylic acids is 1. The highest BCUT2D eigenvalue weighted by Crippen LogP contribution is 2.20. The van der Waals surface area contributed by atoms with E-state index in [1.165, 1.54) is 6.07 Å². The smallest absolute Gasteiger partial charge is 0.422 e. The van der Waals surface area contributed by atoms with Gasteiger partial charge in [0.1, 0.15) is 5.75 Å². The highest BCUT2D eigenvalue weighted by atomic mass is 19.4. The third kappa shape index (κ3) is 7.05. The number of likely N-dealkylation sites (tertiary alicyclic amines) is 1. The lowest BCUT2D eigenvalue weighted by Crippen LogP contribution is -2.46. The normalized spacial score (nSPS) is 16.0. The van der Waals surface area contributed by atoms with Crippen LogP contribution in [-0.2, 0) is 11.3 Å². The van der Waals surface area contributed by atoms with E-state index >= 15 is 0 Å². The van der Waals surface area contributed by atoms with Gasteiger partial charge in [-0.3, -0.25) is 4.79 Å². The Kier molecular flexibility index (Phi) is 7.95. The molecule has 0 aromatic heterocycles. The van der Waals surface area contributed by atoms with Crippen molar-refractivity contribution in [2.45, 2.75) is 58.3 Å². The number of nitrogens with one attached hydrogen (secondary N) is 1. The molecular formula is C20H29F3N2O2. The van der Waals surface area contributed by atoms with E-state index in [2.05, 4.69) is 5.32 Å². The number of amides is 1. The average molecular weight is 386 g/mol. The maximum atomic E-state index is 12.4. The van der Waals surface area contributed by atoms with Gasteiger partial charge in [-0.05, 0) is 43.4 Å². The second kappa shape index (κ2) is 9.97. The van der Waals surface area contributed by atoms with E-state index in [1.807, 2.05) is 24.8 Å². The van der Waals surface area contributed by atoms with Crippen LogP contribution in [0.15, 0.2) is 24.3 Å². The standard InChI is InChI=1S/C20H29F3N2O2/c1-3-16(4-2)19(26)25-10-8-17(9-11-25)24-13-15-6-5-7-18(12-15)27-14-20(21,22)23/h5-7,12,16-17,24H,3-4,8-11,13-14H2,1-2H3. The minimum Gasteiger partial charge on any atom is -0.484 e. The van der Waals surface area contributed by atoms with Gasteiger partial charge < -0.3 is 15.0 Å². The molecule has 0 bridgehead atoms. The lowest BCUT2D eigenvalue weighted by molar-refractivity contribution is -0.153. The first kappa shape index (κ1) is 21.5. The average Bonchev–Trinajstić information content (AvgIpc) is 2.66. The number of alkyl halides is 3. The Balaban J connectivity index is 1.77. The fourth-order valence-electron chi connectivity index (χ4n) is 3.37. The molecule has 1 aromatic carbocycles. The first-order valence-electron chi connectivity index (χ1n) is 9.63. The minimum atomic E-state index is -4.34. The molecule has 1 aromatic rings. The van der Waals surface area contributed by atoms with Crippen molar-refractivity contribution in [1.82, 2.24) is 10.2 Å². The zero-order chi connectivity index (χ0) is 19.9. The van der Waals surface area contributed by atoms with E-state index in [-0.39, 0.29) is 17.6 Å². The lowest BCUT2D eigenvalue weighted by Gasteiger charge is -2.34. The van der Waals surface area contributed by atoms with Crippen LogP contribution in [0.5, 0.6) is 5.75 Å². The van der Waals surface area contributed by atoms with Crippen LogP contribution in [0, 0.1) is 5.92 Å². The zero-order valence-corrected chi connectivity index (χ0v) is 16.0. The molecule has 1 amide bonds. The molecule has 4 nitrogen and oxygen atoms in total. The Hall–Kier alpha value is -1.76. The van der Waals surface area contributed by atoms with E-state index in [1.54, 1.807) is 12.1 Å². The quantitative estimate of drug-likeness (QED) is 0.730. The molecule has 27 heavy (non-hydrogen) atoms. The highest BCUT2D eigenvalue weighted by Gasteiger charge is 2.28. The minimum absolute atomic E-state index is 0.119. The van der Waals surface area contributed by atoms with Crippen molar-refractivity contribution in [3.8, 4) is 5.75 Å². The summed E-state index contributed by atoms with van der Waals surface area (Å²) >= 11 is 0. The molecule has 1 aliphatic heterocycles. The monoisotopic (exact) mass is 386 g/mol. The van der Waals surface area contributed by atoms with Crippen molar-refractivity contribution >= 4 is 5.91 Å². The van der Waals surface area contributed by atoms with Crippen LogP contribution in [0.25, 0.3) is 0 Å². The Bertz CT molecular complexity index is 595. The SMILES string of the molecule is CCC(CC)C(=O)N1CCC(NCc2cccc(OCC(F)(F)F)c2)CC1. The van der Waals surface area contributed by atoms with E-state index in [0.717, 1.165) is 44.3 Å². The molecule has 1 fully saturated rings. The molecule has 0 spiro atoms. The summed E-state index contributed by atoms with van der Waals surface area (Å²) < 4.78 is 41.5. The number of hydrogen-bond donors (Lipinski definition) is 1. The van der Waals surface area contributed by atoms with Gasteiger partial charge >= 0.3 is 6.18 Å². The van der Waals surface area contributed by atoms with Crippen LogP contribution in [0.1, 0.15) is 45.1 Å². The van der Waals surface area contributed by atoms with E-state index < -0.39 is 12.8 Å². The summed E-state index contributed by atoms with van der Waals surface area (Å²) in [4.78, 5) is 14.4. The molecule has 152 valence electrons. The number of ether oxygens (including phenoxy) is 1. The topological polar surface area (TPSA) is 41.6 Å². The number of carbonyl (C=O) groups is 1. The summed E-state index contributed by atoms with van der Waals surface area (Å²) in [6.07, 6.45) is -0.818. The van der Waals surface area contributed by atoms with Gasteiger partial charge in [-0.15, -0.1) is 0 Å². The molecule has 7 heteroatoms. The molecular weight excluding hydrogens is 357 g/mol. The first-order chi connectivity index (χ1) is 12.8. The number of hydrogen-bond acceptors (Lipinski definition) is 3. The summed E-state index contributed by atoms with van der Waals surface area (Å²) in [6.45, 7) is 4.88.